The Kier molecular flexibility index (Phi) is 4.47. The molecule has 0 amide bonds. The van der Waals surface area contributed by atoms with Crippen LogP contribution in [0, 0.1) is 5.92 Å². The average Bonchev–Trinajstić information content (AvgIpc) is 2.85. The van der Waals surface area contributed by atoms with Gasteiger partial charge in [-0.2, -0.15) is 0 Å². The summed E-state index contributed by atoms with van der Waals surface area (Å²) in [5, 5.41) is 0. The Morgan fingerprint density at radius 1 is 0.913 bits per heavy atom. The molecule has 2 aromatic carbocycles. The van der Waals surface area contributed by atoms with Crippen molar-refractivity contribution in [1.82, 2.24) is 0 Å². The van der Waals surface area contributed by atoms with Crippen molar-refractivity contribution in [3.63, 3.8) is 0 Å². The SMILES string of the molecule is CCCCN=C(c1ccccc1)C1C(=O)c2ccccc2C1=O. The molecule has 3 nitrogen and oxygen atoms in total. The van der Waals surface area contributed by atoms with Crippen LogP contribution in [0.25, 0.3) is 0 Å². The van der Waals surface area contributed by atoms with Gasteiger partial charge in [0.05, 0.1) is 5.71 Å². The molecule has 0 N–H and O–H groups in total. The lowest BCUT2D eigenvalue weighted by atomic mass is 9.92. The third-order valence-electron chi connectivity index (χ3n) is 4.12. The number of aliphatic imine (C=N–C) groups is 1. The van der Waals surface area contributed by atoms with Crippen LogP contribution in [0.15, 0.2) is 59.6 Å². The maximum Gasteiger partial charge on any atom is 0.180 e. The zero-order valence-corrected chi connectivity index (χ0v) is 13.2. The molecule has 0 unspecified atom stereocenters. The van der Waals surface area contributed by atoms with E-state index in [1.165, 1.54) is 0 Å². The molecule has 3 rings (SSSR count). The van der Waals surface area contributed by atoms with Crippen LogP contribution in [-0.2, 0) is 0 Å². The smallest absolute Gasteiger partial charge is 0.180 e. The normalized spacial score (nSPS) is 15.1. The summed E-state index contributed by atoms with van der Waals surface area (Å²) < 4.78 is 0. The minimum atomic E-state index is -0.799. The standard InChI is InChI=1S/C20H19NO2/c1-2-3-13-21-18(14-9-5-4-6-10-14)17-19(22)15-11-7-8-12-16(15)20(17)23/h4-12,17H,2-3,13H2,1H3. The van der Waals surface area contributed by atoms with Gasteiger partial charge in [0.2, 0.25) is 0 Å². The summed E-state index contributed by atoms with van der Waals surface area (Å²) in [5.74, 6) is -1.07. The lowest BCUT2D eigenvalue weighted by Crippen LogP contribution is -2.27. The predicted octanol–water partition coefficient (Wildman–Crippen LogP) is 3.97. The molecule has 1 aliphatic carbocycles. The lowest BCUT2D eigenvalue weighted by Gasteiger charge is -2.12. The van der Waals surface area contributed by atoms with E-state index in [0.717, 1.165) is 18.4 Å². The molecule has 0 aliphatic heterocycles. The van der Waals surface area contributed by atoms with Crippen LogP contribution in [0.2, 0.25) is 0 Å². The summed E-state index contributed by atoms with van der Waals surface area (Å²) >= 11 is 0. The number of carbonyl (C=O) groups is 2. The number of Topliss-reactive ketones (excluding diaryl/α,β-unsaturated/α-hetero) is 2. The van der Waals surface area contributed by atoms with E-state index in [-0.39, 0.29) is 11.6 Å². The van der Waals surface area contributed by atoms with Gasteiger partial charge in [-0.05, 0) is 12.0 Å². The molecular formula is C20H19NO2. The lowest BCUT2D eigenvalue weighted by molar-refractivity contribution is 0.0883. The van der Waals surface area contributed by atoms with Crippen LogP contribution in [-0.4, -0.2) is 23.8 Å². The molecule has 0 heterocycles. The molecule has 0 spiro atoms. The zero-order valence-electron chi connectivity index (χ0n) is 13.2. The van der Waals surface area contributed by atoms with Crippen molar-refractivity contribution in [2.45, 2.75) is 19.8 Å². The van der Waals surface area contributed by atoms with Gasteiger partial charge < -0.3 is 0 Å². The summed E-state index contributed by atoms with van der Waals surface area (Å²) in [5.41, 5.74) is 2.48. The Hall–Kier alpha value is -2.55. The van der Waals surface area contributed by atoms with Gasteiger partial charge in [-0.3, -0.25) is 14.6 Å². The first-order valence-corrected chi connectivity index (χ1v) is 8.01. The Labute approximate surface area is 136 Å². The van der Waals surface area contributed by atoms with E-state index < -0.39 is 5.92 Å². The van der Waals surface area contributed by atoms with Crippen molar-refractivity contribution < 1.29 is 9.59 Å². The number of rotatable bonds is 5. The second-order valence-electron chi connectivity index (χ2n) is 5.69. The minimum absolute atomic E-state index is 0.135. The fraction of sp³-hybridized carbons (Fsp3) is 0.250. The van der Waals surface area contributed by atoms with E-state index in [0.29, 0.717) is 23.4 Å². The summed E-state index contributed by atoms with van der Waals surface area (Å²) in [6.07, 6.45) is 1.97. The molecular weight excluding hydrogens is 286 g/mol. The highest BCUT2D eigenvalue weighted by atomic mass is 16.2. The Morgan fingerprint density at radius 3 is 2.04 bits per heavy atom. The number of hydrogen-bond acceptors (Lipinski definition) is 3. The van der Waals surface area contributed by atoms with Crippen LogP contribution in [0.1, 0.15) is 46.0 Å². The quantitative estimate of drug-likeness (QED) is 0.476. The van der Waals surface area contributed by atoms with Crippen molar-refractivity contribution in [2.75, 3.05) is 6.54 Å². The maximum absolute atomic E-state index is 12.8. The topological polar surface area (TPSA) is 46.5 Å². The van der Waals surface area contributed by atoms with Gasteiger partial charge in [0.1, 0.15) is 5.92 Å². The molecule has 116 valence electrons. The van der Waals surface area contributed by atoms with Crippen molar-refractivity contribution in [3.8, 4) is 0 Å². The average molecular weight is 305 g/mol. The van der Waals surface area contributed by atoms with Gasteiger partial charge in [0.25, 0.3) is 0 Å². The Balaban J connectivity index is 2.03. The molecule has 1 aliphatic rings. The molecule has 0 radical (unpaired) electrons. The van der Waals surface area contributed by atoms with E-state index in [9.17, 15) is 9.59 Å². The summed E-state index contributed by atoms with van der Waals surface area (Å²) in [7, 11) is 0. The minimum Gasteiger partial charge on any atom is -0.293 e. The molecule has 0 fully saturated rings. The van der Waals surface area contributed by atoms with Gasteiger partial charge in [-0.25, -0.2) is 0 Å². The molecule has 3 heteroatoms. The fourth-order valence-electron chi connectivity index (χ4n) is 2.91. The number of unbranched alkanes of at least 4 members (excludes halogenated alkanes) is 1. The van der Waals surface area contributed by atoms with E-state index in [2.05, 4.69) is 11.9 Å². The summed E-state index contributed by atoms with van der Waals surface area (Å²) in [4.78, 5) is 30.1. The highest BCUT2D eigenvalue weighted by molar-refractivity contribution is 6.38. The number of nitrogens with zero attached hydrogens (tertiary/aromatic N) is 1. The number of hydrogen-bond donors (Lipinski definition) is 0. The maximum atomic E-state index is 12.8. The van der Waals surface area contributed by atoms with Gasteiger partial charge in [-0.1, -0.05) is 67.9 Å². The predicted molar refractivity (Wildman–Crippen MR) is 91.3 cm³/mol. The summed E-state index contributed by atoms with van der Waals surface area (Å²) in [6.45, 7) is 2.73. The van der Waals surface area contributed by atoms with Crippen molar-refractivity contribution >= 4 is 17.3 Å². The third-order valence-corrected chi connectivity index (χ3v) is 4.12. The largest absolute Gasteiger partial charge is 0.293 e. The fourth-order valence-corrected chi connectivity index (χ4v) is 2.91. The van der Waals surface area contributed by atoms with Crippen molar-refractivity contribution in [3.05, 3.63) is 71.3 Å². The Bertz CT molecular complexity index is 727. The monoisotopic (exact) mass is 305 g/mol. The molecule has 0 atom stereocenters. The molecule has 0 saturated carbocycles. The number of ketones is 2. The van der Waals surface area contributed by atoms with Gasteiger partial charge in [0, 0.05) is 17.7 Å². The second kappa shape index (κ2) is 6.69. The van der Waals surface area contributed by atoms with Crippen molar-refractivity contribution in [1.29, 1.82) is 0 Å². The van der Waals surface area contributed by atoms with Crippen LogP contribution < -0.4 is 0 Å². The first kappa shape index (κ1) is 15.3. The number of benzene rings is 2. The number of carbonyl (C=O) groups excluding carboxylic acids is 2. The molecule has 2 aromatic rings. The highest BCUT2D eigenvalue weighted by Gasteiger charge is 2.41. The van der Waals surface area contributed by atoms with E-state index in [1.54, 1.807) is 24.3 Å². The van der Waals surface area contributed by atoms with E-state index in [1.807, 2.05) is 30.3 Å². The van der Waals surface area contributed by atoms with Crippen LogP contribution in [0.3, 0.4) is 0 Å². The Morgan fingerprint density at radius 2 is 1.48 bits per heavy atom. The zero-order chi connectivity index (χ0) is 16.2. The molecule has 0 saturated heterocycles. The first-order valence-electron chi connectivity index (χ1n) is 8.01. The van der Waals surface area contributed by atoms with Crippen LogP contribution in [0.5, 0.6) is 0 Å². The van der Waals surface area contributed by atoms with Gasteiger partial charge in [0.15, 0.2) is 11.6 Å². The molecule has 23 heavy (non-hydrogen) atoms. The van der Waals surface area contributed by atoms with Gasteiger partial charge >= 0.3 is 0 Å². The third kappa shape index (κ3) is 2.87. The first-order chi connectivity index (χ1) is 11.2. The van der Waals surface area contributed by atoms with Crippen LogP contribution >= 0.6 is 0 Å². The van der Waals surface area contributed by atoms with Crippen molar-refractivity contribution in [2.24, 2.45) is 10.9 Å². The van der Waals surface area contributed by atoms with E-state index in [4.69, 9.17) is 0 Å². The second-order valence-corrected chi connectivity index (χ2v) is 5.69. The number of fused-ring (bicyclic) bond motifs is 1. The highest BCUT2D eigenvalue weighted by Crippen LogP contribution is 2.29. The molecule has 0 bridgehead atoms. The van der Waals surface area contributed by atoms with Crippen LogP contribution in [0.4, 0.5) is 0 Å². The van der Waals surface area contributed by atoms with Gasteiger partial charge in [-0.15, -0.1) is 0 Å². The van der Waals surface area contributed by atoms with E-state index >= 15 is 0 Å². The summed E-state index contributed by atoms with van der Waals surface area (Å²) in [6, 6.07) is 16.6. The molecule has 0 aromatic heterocycles.